The van der Waals surface area contributed by atoms with Crippen molar-refractivity contribution in [3.8, 4) is 0 Å². The lowest BCUT2D eigenvalue weighted by Gasteiger charge is -2.26. The van der Waals surface area contributed by atoms with Crippen LogP contribution in [-0.2, 0) is 21.4 Å². The third-order valence-electron chi connectivity index (χ3n) is 5.44. The molecule has 1 saturated heterocycles. The Balaban J connectivity index is 1.55. The SMILES string of the molecule is Cc1ccc(S(=O)(=O)N2CCCCC2)cc1C(=O)OCc1nc2cc(Cl)ccc2c(=O)[nH]1. The van der Waals surface area contributed by atoms with Gasteiger partial charge in [-0.05, 0) is 55.7 Å². The molecule has 0 saturated carbocycles. The Hall–Kier alpha value is -2.75. The van der Waals surface area contributed by atoms with Crippen LogP contribution in [0.2, 0.25) is 5.02 Å². The highest BCUT2D eigenvalue weighted by molar-refractivity contribution is 7.89. The van der Waals surface area contributed by atoms with E-state index in [9.17, 15) is 18.0 Å². The fourth-order valence-corrected chi connectivity index (χ4v) is 5.39. The molecule has 0 bridgehead atoms. The van der Waals surface area contributed by atoms with E-state index in [2.05, 4.69) is 9.97 Å². The van der Waals surface area contributed by atoms with Crippen LogP contribution in [0.1, 0.15) is 41.0 Å². The van der Waals surface area contributed by atoms with Crippen LogP contribution >= 0.6 is 11.6 Å². The number of nitrogens with one attached hydrogen (secondary N) is 1. The molecule has 1 aromatic heterocycles. The van der Waals surface area contributed by atoms with Gasteiger partial charge in [0.15, 0.2) is 0 Å². The molecule has 4 rings (SSSR count). The van der Waals surface area contributed by atoms with Crippen LogP contribution in [0.4, 0.5) is 0 Å². The summed E-state index contributed by atoms with van der Waals surface area (Å²) in [5.41, 5.74) is 0.746. The van der Waals surface area contributed by atoms with Gasteiger partial charge in [-0.1, -0.05) is 24.1 Å². The molecule has 0 aliphatic carbocycles. The zero-order valence-electron chi connectivity index (χ0n) is 17.4. The molecule has 1 aliphatic heterocycles. The minimum atomic E-state index is -3.68. The lowest BCUT2D eigenvalue weighted by atomic mass is 10.1. The highest BCUT2D eigenvalue weighted by atomic mass is 35.5. The van der Waals surface area contributed by atoms with E-state index in [1.807, 2.05) is 0 Å². The summed E-state index contributed by atoms with van der Waals surface area (Å²) in [7, 11) is -3.68. The van der Waals surface area contributed by atoms with Crippen molar-refractivity contribution in [3.63, 3.8) is 0 Å². The number of piperidine rings is 1. The molecule has 2 heterocycles. The summed E-state index contributed by atoms with van der Waals surface area (Å²) in [6, 6.07) is 9.15. The maximum absolute atomic E-state index is 13.0. The number of carbonyl (C=O) groups excluding carboxylic acids is 1. The van der Waals surface area contributed by atoms with Gasteiger partial charge in [-0.15, -0.1) is 0 Å². The van der Waals surface area contributed by atoms with Gasteiger partial charge in [0.2, 0.25) is 10.0 Å². The number of H-pyrrole nitrogens is 1. The van der Waals surface area contributed by atoms with Crippen molar-refractivity contribution in [2.45, 2.75) is 37.7 Å². The molecule has 3 aromatic rings. The maximum Gasteiger partial charge on any atom is 0.338 e. The number of fused-ring (bicyclic) bond motifs is 1. The van der Waals surface area contributed by atoms with E-state index in [4.69, 9.17) is 16.3 Å². The summed E-state index contributed by atoms with van der Waals surface area (Å²) in [5.74, 6) is -0.542. The molecule has 32 heavy (non-hydrogen) atoms. The topological polar surface area (TPSA) is 109 Å². The smallest absolute Gasteiger partial charge is 0.338 e. The lowest BCUT2D eigenvalue weighted by molar-refractivity contribution is 0.0461. The number of hydrogen-bond acceptors (Lipinski definition) is 6. The van der Waals surface area contributed by atoms with Crippen LogP contribution in [0.5, 0.6) is 0 Å². The molecule has 1 aliphatic rings. The number of hydrogen-bond donors (Lipinski definition) is 1. The van der Waals surface area contributed by atoms with Crippen molar-refractivity contribution in [2.24, 2.45) is 0 Å². The summed E-state index contributed by atoms with van der Waals surface area (Å²) in [6.07, 6.45) is 2.65. The van der Waals surface area contributed by atoms with E-state index in [1.165, 1.54) is 16.4 Å². The average molecular weight is 476 g/mol. The van der Waals surface area contributed by atoms with Crippen molar-refractivity contribution in [1.29, 1.82) is 0 Å². The lowest BCUT2D eigenvalue weighted by Crippen LogP contribution is -2.35. The highest BCUT2D eigenvalue weighted by Gasteiger charge is 2.27. The van der Waals surface area contributed by atoms with Gasteiger partial charge in [-0.2, -0.15) is 4.31 Å². The van der Waals surface area contributed by atoms with E-state index in [-0.39, 0.29) is 28.4 Å². The predicted octanol–water partition coefficient (Wildman–Crippen LogP) is 3.42. The summed E-state index contributed by atoms with van der Waals surface area (Å²) in [6.45, 7) is 2.37. The fourth-order valence-electron chi connectivity index (χ4n) is 3.68. The first-order valence-electron chi connectivity index (χ1n) is 10.2. The zero-order valence-corrected chi connectivity index (χ0v) is 19.0. The number of aryl methyl sites for hydroxylation is 1. The van der Waals surface area contributed by atoms with Gasteiger partial charge in [0.1, 0.15) is 12.4 Å². The normalized spacial score (nSPS) is 15.1. The first kappa shape index (κ1) is 22.4. The third-order valence-corrected chi connectivity index (χ3v) is 7.57. The average Bonchev–Trinajstić information content (AvgIpc) is 2.78. The van der Waals surface area contributed by atoms with Crippen molar-refractivity contribution in [1.82, 2.24) is 14.3 Å². The molecule has 0 radical (unpaired) electrons. The van der Waals surface area contributed by atoms with Gasteiger partial charge in [0.05, 0.1) is 21.4 Å². The Morgan fingerprint density at radius 2 is 1.91 bits per heavy atom. The molecule has 0 spiro atoms. The molecule has 2 aromatic carbocycles. The molecule has 1 fully saturated rings. The number of benzene rings is 2. The molecule has 0 amide bonds. The zero-order chi connectivity index (χ0) is 22.9. The summed E-state index contributed by atoms with van der Waals surface area (Å²) < 4.78 is 32.7. The Morgan fingerprint density at radius 3 is 2.66 bits per heavy atom. The predicted molar refractivity (Wildman–Crippen MR) is 120 cm³/mol. The molecule has 168 valence electrons. The molecular formula is C22H22ClN3O5S. The van der Waals surface area contributed by atoms with Crippen LogP contribution < -0.4 is 5.56 Å². The number of aromatic nitrogens is 2. The minimum absolute atomic E-state index is 0.0591. The van der Waals surface area contributed by atoms with Crippen molar-refractivity contribution in [3.05, 3.63) is 68.7 Å². The number of aromatic amines is 1. The first-order chi connectivity index (χ1) is 15.3. The summed E-state index contributed by atoms with van der Waals surface area (Å²) >= 11 is 5.97. The second-order valence-electron chi connectivity index (χ2n) is 7.69. The maximum atomic E-state index is 13.0. The Morgan fingerprint density at radius 1 is 1.16 bits per heavy atom. The number of ether oxygens (including phenoxy) is 1. The highest BCUT2D eigenvalue weighted by Crippen LogP contribution is 2.23. The molecular weight excluding hydrogens is 454 g/mol. The second-order valence-corrected chi connectivity index (χ2v) is 10.1. The van der Waals surface area contributed by atoms with Gasteiger partial charge in [-0.3, -0.25) is 4.79 Å². The number of rotatable bonds is 5. The minimum Gasteiger partial charge on any atom is -0.454 e. The van der Waals surface area contributed by atoms with Crippen LogP contribution in [0.15, 0.2) is 46.1 Å². The van der Waals surface area contributed by atoms with Crippen molar-refractivity contribution < 1.29 is 17.9 Å². The van der Waals surface area contributed by atoms with Crippen LogP contribution in [0.25, 0.3) is 10.9 Å². The fraction of sp³-hybridized carbons (Fsp3) is 0.318. The number of halogens is 1. The van der Waals surface area contributed by atoms with Gasteiger partial charge in [0, 0.05) is 18.1 Å². The van der Waals surface area contributed by atoms with Crippen LogP contribution in [0, 0.1) is 6.92 Å². The molecule has 0 unspecified atom stereocenters. The quantitative estimate of drug-likeness (QED) is 0.566. The Kier molecular flexibility index (Phi) is 6.32. The summed E-state index contributed by atoms with van der Waals surface area (Å²) in [4.78, 5) is 31.9. The van der Waals surface area contributed by atoms with Gasteiger partial charge >= 0.3 is 5.97 Å². The van der Waals surface area contributed by atoms with Gasteiger partial charge in [-0.25, -0.2) is 18.2 Å². The first-order valence-corrected chi connectivity index (χ1v) is 12.0. The van der Waals surface area contributed by atoms with E-state index < -0.39 is 16.0 Å². The largest absolute Gasteiger partial charge is 0.454 e. The van der Waals surface area contributed by atoms with Crippen LogP contribution in [0.3, 0.4) is 0 Å². The van der Waals surface area contributed by atoms with E-state index in [0.717, 1.165) is 19.3 Å². The molecule has 0 atom stereocenters. The Bertz CT molecular complexity index is 1350. The summed E-state index contributed by atoms with van der Waals surface area (Å²) in [5, 5.41) is 0.803. The van der Waals surface area contributed by atoms with Crippen LogP contribution in [-0.4, -0.2) is 41.7 Å². The second kappa shape index (κ2) is 9.01. The van der Waals surface area contributed by atoms with E-state index in [1.54, 1.807) is 31.2 Å². The number of sulfonamides is 1. The van der Waals surface area contributed by atoms with Gasteiger partial charge < -0.3 is 9.72 Å². The molecule has 8 nitrogen and oxygen atoms in total. The number of esters is 1. The van der Waals surface area contributed by atoms with E-state index >= 15 is 0 Å². The Labute approximate surface area is 190 Å². The molecule has 1 N–H and O–H groups in total. The molecule has 10 heteroatoms. The third kappa shape index (κ3) is 4.55. The number of carbonyl (C=O) groups is 1. The monoisotopic (exact) mass is 475 g/mol. The van der Waals surface area contributed by atoms with Crippen molar-refractivity contribution >= 4 is 38.5 Å². The van der Waals surface area contributed by atoms with Crippen molar-refractivity contribution in [2.75, 3.05) is 13.1 Å². The van der Waals surface area contributed by atoms with Gasteiger partial charge in [0.25, 0.3) is 5.56 Å². The van der Waals surface area contributed by atoms with E-state index in [0.29, 0.717) is 34.6 Å². The number of nitrogens with zero attached hydrogens (tertiary/aromatic N) is 2. The standard InChI is InChI=1S/C22H22ClN3O5S/c1-14-5-7-16(32(29,30)26-9-3-2-4-10-26)12-18(14)22(28)31-13-20-24-19-11-15(23)6-8-17(19)21(27)25-20/h5-8,11-12H,2-4,9-10,13H2,1H3,(H,24,25,27).